The van der Waals surface area contributed by atoms with Crippen LogP contribution >= 0.6 is 0 Å². The molecule has 0 saturated carbocycles. The van der Waals surface area contributed by atoms with Gasteiger partial charge in [0.05, 0.1) is 14.1 Å². The molecule has 1 aliphatic rings. The van der Waals surface area contributed by atoms with Crippen LogP contribution < -0.4 is 10.6 Å². The fraction of sp³-hybridized carbons (Fsp3) is 0.500. The van der Waals surface area contributed by atoms with Crippen LogP contribution in [0.25, 0.3) is 0 Å². The summed E-state index contributed by atoms with van der Waals surface area (Å²) in [5.74, 6) is -0.00473. The van der Waals surface area contributed by atoms with Crippen LogP contribution in [0, 0.1) is 13.8 Å². The largest absolute Gasteiger partial charge is 0.383 e. The summed E-state index contributed by atoms with van der Waals surface area (Å²) in [6.07, 6.45) is 2.23. The van der Waals surface area contributed by atoms with Gasteiger partial charge in [0.15, 0.2) is 0 Å². The molecule has 1 amide bonds. The number of nitrogens with one attached hydrogen (secondary N) is 2. The Balaban J connectivity index is 2.19. The molecule has 142 valence electrons. The summed E-state index contributed by atoms with van der Waals surface area (Å²) in [5.41, 5.74) is 7.79. The molecule has 2 rings (SSSR count). The van der Waals surface area contributed by atoms with Crippen molar-refractivity contribution in [3.05, 3.63) is 51.7 Å². The third-order valence-electron chi connectivity index (χ3n) is 5.23. The van der Waals surface area contributed by atoms with Gasteiger partial charge >= 0.3 is 0 Å². The predicted molar refractivity (Wildman–Crippen MR) is 110 cm³/mol. The molecule has 26 heavy (non-hydrogen) atoms. The molecule has 0 unspecified atom stereocenters. The molecule has 0 spiro atoms. The lowest BCUT2D eigenvalue weighted by Crippen LogP contribution is -2.43. The van der Waals surface area contributed by atoms with Crippen molar-refractivity contribution in [2.45, 2.75) is 47.6 Å². The van der Waals surface area contributed by atoms with Gasteiger partial charge in [-0.15, -0.1) is 0 Å². The number of carbonyl (C=O) groups is 1. The van der Waals surface area contributed by atoms with E-state index in [1.807, 2.05) is 19.9 Å². The van der Waals surface area contributed by atoms with E-state index in [-0.39, 0.29) is 5.91 Å². The Morgan fingerprint density at radius 1 is 1.15 bits per heavy atom. The van der Waals surface area contributed by atoms with Crippen molar-refractivity contribution >= 4 is 11.6 Å². The highest BCUT2D eigenvalue weighted by atomic mass is 16.1. The van der Waals surface area contributed by atoms with Crippen LogP contribution in [0.2, 0.25) is 0 Å². The lowest BCUT2D eigenvalue weighted by Gasteiger charge is -2.34. The zero-order valence-corrected chi connectivity index (χ0v) is 17.6. The molecule has 0 fully saturated rings. The van der Waals surface area contributed by atoms with Crippen molar-refractivity contribution in [2.24, 2.45) is 0 Å². The van der Waals surface area contributed by atoms with E-state index in [2.05, 4.69) is 64.6 Å². The highest BCUT2D eigenvalue weighted by molar-refractivity contribution is 5.97. The molecule has 1 aromatic rings. The molecule has 0 aromatic heterocycles. The summed E-state index contributed by atoms with van der Waals surface area (Å²) < 4.78 is 0.842. The smallest absolute Gasteiger partial charge is 0.251 e. The fourth-order valence-electron chi connectivity index (χ4n) is 3.35. The average molecular weight is 357 g/mol. The number of aryl methyl sites for hydroxylation is 1. The zero-order chi connectivity index (χ0) is 19.6. The number of nitrogens with zero attached hydrogens (tertiary/aromatic N) is 1. The first-order valence-electron chi connectivity index (χ1n) is 9.37. The highest BCUT2D eigenvalue weighted by Gasteiger charge is 2.26. The third-order valence-corrected chi connectivity index (χ3v) is 5.23. The first-order valence-corrected chi connectivity index (χ1v) is 9.37. The maximum atomic E-state index is 12.8. The van der Waals surface area contributed by atoms with Crippen LogP contribution in [0.1, 0.15) is 49.2 Å². The molecular weight excluding hydrogens is 322 g/mol. The SMILES string of the molecule is CC1=CC(C)=C(CNC(=O)c2cc(C)cc(NC(C)C)c2C)C[N+]1(C)C. The molecular formula is C22H34N3O+. The van der Waals surface area contributed by atoms with Crippen LogP contribution in [0.15, 0.2) is 35.1 Å². The van der Waals surface area contributed by atoms with Crippen LogP contribution in [0.5, 0.6) is 0 Å². The van der Waals surface area contributed by atoms with Gasteiger partial charge in [-0.3, -0.25) is 9.28 Å². The van der Waals surface area contributed by atoms with Gasteiger partial charge in [0.1, 0.15) is 12.2 Å². The van der Waals surface area contributed by atoms with Crippen molar-refractivity contribution in [3.63, 3.8) is 0 Å². The highest BCUT2D eigenvalue weighted by Crippen LogP contribution is 2.25. The van der Waals surface area contributed by atoms with E-state index >= 15 is 0 Å². The molecule has 0 radical (unpaired) electrons. The molecule has 0 aliphatic carbocycles. The fourth-order valence-corrected chi connectivity index (χ4v) is 3.35. The Morgan fingerprint density at radius 2 is 1.81 bits per heavy atom. The van der Waals surface area contributed by atoms with E-state index in [1.165, 1.54) is 16.8 Å². The van der Waals surface area contributed by atoms with Gasteiger partial charge in [-0.05, 0) is 69.5 Å². The van der Waals surface area contributed by atoms with Gasteiger partial charge in [-0.25, -0.2) is 0 Å². The van der Waals surface area contributed by atoms with Gasteiger partial charge in [-0.2, -0.15) is 0 Å². The second-order valence-corrected chi connectivity index (χ2v) is 8.38. The molecule has 4 nitrogen and oxygen atoms in total. The lowest BCUT2D eigenvalue weighted by molar-refractivity contribution is -0.848. The van der Waals surface area contributed by atoms with Gasteiger partial charge in [-0.1, -0.05) is 0 Å². The Kier molecular flexibility index (Phi) is 5.97. The second-order valence-electron chi connectivity index (χ2n) is 8.38. The molecule has 1 aliphatic heterocycles. The van der Waals surface area contributed by atoms with E-state index in [1.54, 1.807) is 0 Å². The molecule has 4 heteroatoms. The van der Waals surface area contributed by atoms with Crippen LogP contribution in [-0.2, 0) is 0 Å². The monoisotopic (exact) mass is 356 g/mol. The van der Waals surface area contributed by atoms with E-state index in [0.29, 0.717) is 12.6 Å². The standard InChI is InChI=1S/C22H33N3O/c1-14(2)24-21-10-15(3)9-20(18(21)6)22(26)23-12-19-13-25(7,8)17(5)11-16(19)4/h9-11,14,24H,12-13H2,1-8H3/p+1. The molecule has 0 saturated heterocycles. The van der Waals surface area contributed by atoms with Gasteiger partial charge in [0, 0.05) is 36.3 Å². The van der Waals surface area contributed by atoms with Crippen molar-refractivity contribution < 1.29 is 9.28 Å². The zero-order valence-electron chi connectivity index (χ0n) is 17.6. The van der Waals surface area contributed by atoms with Gasteiger partial charge in [0.25, 0.3) is 5.91 Å². The minimum Gasteiger partial charge on any atom is -0.383 e. The Bertz CT molecular complexity index is 770. The summed E-state index contributed by atoms with van der Waals surface area (Å²) in [7, 11) is 4.41. The maximum Gasteiger partial charge on any atom is 0.251 e. The maximum absolute atomic E-state index is 12.8. The summed E-state index contributed by atoms with van der Waals surface area (Å²) in [4.78, 5) is 12.8. The predicted octanol–water partition coefficient (Wildman–Crippen LogP) is 4.16. The quantitative estimate of drug-likeness (QED) is 0.778. The van der Waals surface area contributed by atoms with Crippen LogP contribution in [0.4, 0.5) is 5.69 Å². The first-order chi connectivity index (χ1) is 12.0. The number of allylic oxidation sites excluding steroid dienone is 3. The van der Waals surface area contributed by atoms with Gasteiger partial charge < -0.3 is 10.6 Å². The Morgan fingerprint density at radius 3 is 2.42 bits per heavy atom. The third kappa shape index (κ3) is 4.55. The average Bonchev–Trinajstić information content (AvgIpc) is 2.52. The second kappa shape index (κ2) is 7.67. The summed E-state index contributed by atoms with van der Waals surface area (Å²) >= 11 is 0. The number of carbonyl (C=O) groups excluding carboxylic acids is 1. The van der Waals surface area contributed by atoms with E-state index in [4.69, 9.17) is 0 Å². The van der Waals surface area contributed by atoms with Gasteiger partial charge in [0.2, 0.25) is 0 Å². The van der Waals surface area contributed by atoms with Crippen LogP contribution in [-0.4, -0.2) is 43.6 Å². The molecule has 2 N–H and O–H groups in total. The first kappa shape index (κ1) is 20.2. The van der Waals surface area contributed by atoms with Crippen LogP contribution in [0.3, 0.4) is 0 Å². The number of anilines is 1. The lowest BCUT2D eigenvalue weighted by atomic mass is 10.0. The summed E-state index contributed by atoms with van der Waals surface area (Å²) in [6.45, 7) is 14.1. The van der Waals surface area contributed by atoms with Crippen molar-refractivity contribution in [3.8, 4) is 0 Å². The minimum absolute atomic E-state index is 0.00473. The van der Waals surface area contributed by atoms with E-state index in [0.717, 1.165) is 33.4 Å². The van der Waals surface area contributed by atoms with E-state index in [9.17, 15) is 4.79 Å². The molecule has 1 heterocycles. The minimum atomic E-state index is -0.00473. The summed E-state index contributed by atoms with van der Waals surface area (Å²) in [5, 5.41) is 6.57. The number of benzene rings is 1. The molecule has 1 aromatic carbocycles. The Hall–Kier alpha value is -2.07. The van der Waals surface area contributed by atoms with Crippen molar-refractivity contribution in [1.82, 2.24) is 5.32 Å². The summed E-state index contributed by atoms with van der Waals surface area (Å²) in [6, 6.07) is 4.41. The molecule has 0 atom stereocenters. The Labute approximate surface area is 158 Å². The number of hydrogen-bond donors (Lipinski definition) is 2. The number of hydrogen-bond acceptors (Lipinski definition) is 2. The number of likely N-dealkylation sites (N-methyl/N-ethyl adjacent to an activating group) is 1. The van der Waals surface area contributed by atoms with Crippen molar-refractivity contribution in [2.75, 3.05) is 32.5 Å². The van der Waals surface area contributed by atoms with Crippen molar-refractivity contribution in [1.29, 1.82) is 0 Å². The number of rotatable bonds is 5. The number of amides is 1. The number of quaternary nitrogens is 1. The topological polar surface area (TPSA) is 41.1 Å². The normalized spacial score (nSPS) is 16.6. The van der Waals surface area contributed by atoms with E-state index < -0.39 is 0 Å². The molecule has 0 bridgehead atoms.